The topological polar surface area (TPSA) is 129 Å². The van der Waals surface area contributed by atoms with Gasteiger partial charge in [-0.05, 0) is 95.8 Å². The first-order valence-electron chi connectivity index (χ1n) is 14.4. The number of benzene rings is 2. The summed E-state index contributed by atoms with van der Waals surface area (Å²) in [6, 6.07) is 13.8. The van der Waals surface area contributed by atoms with E-state index in [9.17, 15) is 19.2 Å². The van der Waals surface area contributed by atoms with Crippen molar-refractivity contribution in [2.45, 2.75) is 84.3 Å². The lowest BCUT2D eigenvalue weighted by atomic mass is 10.1. The molecule has 0 saturated carbocycles. The van der Waals surface area contributed by atoms with Crippen LogP contribution in [-0.2, 0) is 30.2 Å². The molecule has 10 nitrogen and oxygen atoms in total. The third-order valence-electron chi connectivity index (χ3n) is 5.98. The molecule has 0 saturated heterocycles. The molecule has 0 aliphatic carbocycles. The monoisotopic (exact) mass is 618 g/mol. The van der Waals surface area contributed by atoms with Gasteiger partial charge in [-0.3, -0.25) is 9.59 Å². The zero-order chi connectivity index (χ0) is 31.9. The molecule has 0 spiro atoms. The van der Waals surface area contributed by atoms with Crippen LogP contribution in [0.25, 0.3) is 0 Å². The van der Waals surface area contributed by atoms with Crippen LogP contribution in [0, 0.1) is 0 Å². The van der Waals surface area contributed by atoms with Gasteiger partial charge in [0.25, 0.3) is 5.91 Å². The summed E-state index contributed by atoms with van der Waals surface area (Å²) in [6.07, 6.45) is 3.40. The van der Waals surface area contributed by atoms with Crippen molar-refractivity contribution < 1.29 is 38.1 Å². The van der Waals surface area contributed by atoms with E-state index in [1.54, 1.807) is 71.0 Å². The number of halogens is 1. The standard InChI is InChI=1S/C32H43ClN2O8/c1-31(2,3)43-30(39)35-20-9-7-6-8-10-27(36)40-22-41-29(38)32(4,5)42-26-17-11-23(12-18-26)19-21-34-28(37)24-13-15-25(33)16-14-24/h11-18H,6-10,19-22H2,1-5H3,(H,34,37)(H,35,39). The first-order chi connectivity index (χ1) is 20.2. The third kappa shape index (κ3) is 14.8. The molecule has 0 radical (unpaired) electrons. The Morgan fingerprint density at radius 1 is 0.767 bits per heavy atom. The maximum atomic E-state index is 12.5. The molecule has 2 amide bonds. The molecule has 0 heterocycles. The van der Waals surface area contributed by atoms with Crippen molar-refractivity contribution in [3.05, 3.63) is 64.7 Å². The quantitative estimate of drug-likeness (QED) is 0.133. The van der Waals surface area contributed by atoms with Gasteiger partial charge in [0.05, 0.1) is 0 Å². The van der Waals surface area contributed by atoms with Crippen LogP contribution in [0.2, 0.25) is 5.02 Å². The van der Waals surface area contributed by atoms with Gasteiger partial charge in [-0.1, -0.05) is 36.6 Å². The fourth-order valence-corrected chi connectivity index (χ4v) is 3.86. The normalized spacial score (nSPS) is 11.3. The molecule has 0 aliphatic heterocycles. The predicted molar refractivity (Wildman–Crippen MR) is 163 cm³/mol. The summed E-state index contributed by atoms with van der Waals surface area (Å²) >= 11 is 5.86. The van der Waals surface area contributed by atoms with Crippen LogP contribution >= 0.6 is 11.6 Å². The van der Waals surface area contributed by atoms with Crippen molar-refractivity contribution in [3.63, 3.8) is 0 Å². The maximum absolute atomic E-state index is 12.5. The molecule has 2 aromatic rings. The number of rotatable bonds is 16. The Morgan fingerprint density at radius 2 is 1.42 bits per heavy atom. The Labute approximate surface area is 258 Å². The van der Waals surface area contributed by atoms with Crippen LogP contribution in [0.5, 0.6) is 5.75 Å². The third-order valence-corrected chi connectivity index (χ3v) is 6.23. The Hall–Kier alpha value is -3.79. The largest absolute Gasteiger partial charge is 0.476 e. The molecule has 0 fully saturated rings. The second-order valence-electron chi connectivity index (χ2n) is 11.4. The molecular formula is C32H43ClN2O8. The van der Waals surface area contributed by atoms with Crippen molar-refractivity contribution >= 4 is 35.5 Å². The van der Waals surface area contributed by atoms with Gasteiger partial charge in [0.15, 0.2) is 5.60 Å². The average molecular weight is 619 g/mol. The highest BCUT2D eigenvalue weighted by molar-refractivity contribution is 6.30. The summed E-state index contributed by atoms with van der Waals surface area (Å²) < 4.78 is 21.1. The summed E-state index contributed by atoms with van der Waals surface area (Å²) in [4.78, 5) is 48.3. The fraction of sp³-hybridized carbons (Fsp3) is 0.500. The molecule has 2 rings (SSSR count). The van der Waals surface area contributed by atoms with Gasteiger partial charge < -0.3 is 29.6 Å². The number of carbonyl (C=O) groups excluding carboxylic acids is 4. The molecule has 2 aromatic carbocycles. The van der Waals surface area contributed by atoms with Gasteiger partial charge in [-0.25, -0.2) is 9.59 Å². The predicted octanol–water partition coefficient (Wildman–Crippen LogP) is 5.99. The molecule has 43 heavy (non-hydrogen) atoms. The van der Waals surface area contributed by atoms with Crippen molar-refractivity contribution in [1.82, 2.24) is 10.6 Å². The van der Waals surface area contributed by atoms with E-state index >= 15 is 0 Å². The second kappa shape index (κ2) is 17.4. The van der Waals surface area contributed by atoms with E-state index in [2.05, 4.69) is 10.6 Å². The number of esters is 2. The number of hydrogen-bond donors (Lipinski definition) is 2. The van der Waals surface area contributed by atoms with E-state index in [0.29, 0.717) is 42.3 Å². The molecule has 0 atom stereocenters. The summed E-state index contributed by atoms with van der Waals surface area (Å²) in [5.74, 6) is -0.844. The maximum Gasteiger partial charge on any atom is 0.407 e. The molecule has 0 aromatic heterocycles. The highest BCUT2D eigenvalue weighted by Gasteiger charge is 2.32. The molecule has 236 valence electrons. The summed E-state index contributed by atoms with van der Waals surface area (Å²) in [6.45, 7) is 9.00. The number of hydrogen-bond acceptors (Lipinski definition) is 8. The van der Waals surface area contributed by atoms with Crippen molar-refractivity contribution in [3.8, 4) is 5.75 Å². The van der Waals surface area contributed by atoms with Gasteiger partial charge in [-0.15, -0.1) is 0 Å². The van der Waals surface area contributed by atoms with Crippen molar-refractivity contribution in [2.75, 3.05) is 19.9 Å². The van der Waals surface area contributed by atoms with Gasteiger partial charge in [0, 0.05) is 30.1 Å². The average Bonchev–Trinajstić information content (AvgIpc) is 2.92. The van der Waals surface area contributed by atoms with Crippen LogP contribution in [0.1, 0.15) is 82.6 Å². The number of carbonyl (C=O) groups is 4. The number of unbranched alkanes of at least 4 members (excludes halogenated alkanes) is 3. The lowest BCUT2D eigenvalue weighted by Gasteiger charge is -2.24. The minimum Gasteiger partial charge on any atom is -0.476 e. The van der Waals surface area contributed by atoms with Crippen LogP contribution < -0.4 is 15.4 Å². The van der Waals surface area contributed by atoms with Crippen LogP contribution in [0.3, 0.4) is 0 Å². The fourth-order valence-electron chi connectivity index (χ4n) is 3.73. The Bertz CT molecular complexity index is 1190. The second-order valence-corrected chi connectivity index (χ2v) is 11.9. The van der Waals surface area contributed by atoms with Crippen LogP contribution in [0.4, 0.5) is 4.79 Å². The number of alkyl carbamates (subject to hydrolysis) is 1. The molecule has 0 bridgehead atoms. The van der Waals surface area contributed by atoms with E-state index in [1.165, 1.54) is 0 Å². The van der Waals surface area contributed by atoms with E-state index in [4.69, 9.17) is 30.5 Å². The molecule has 0 aliphatic rings. The molecule has 11 heteroatoms. The summed E-state index contributed by atoms with van der Waals surface area (Å²) in [7, 11) is 0. The van der Waals surface area contributed by atoms with Crippen molar-refractivity contribution in [2.24, 2.45) is 0 Å². The van der Waals surface area contributed by atoms with Gasteiger partial charge >= 0.3 is 18.0 Å². The van der Waals surface area contributed by atoms with Gasteiger partial charge in [0.1, 0.15) is 11.4 Å². The SMILES string of the molecule is CC(C)(C)OC(=O)NCCCCCCC(=O)OCOC(=O)C(C)(C)Oc1ccc(CCNC(=O)c2ccc(Cl)cc2)cc1. The smallest absolute Gasteiger partial charge is 0.407 e. The minimum atomic E-state index is -1.31. The molecule has 2 N–H and O–H groups in total. The van der Waals surface area contributed by atoms with Gasteiger partial charge in [0.2, 0.25) is 6.79 Å². The van der Waals surface area contributed by atoms with Crippen molar-refractivity contribution in [1.29, 1.82) is 0 Å². The van der Waals surface area contributed by atoms with Crippen LogP contribution in [0.15, 0.2) is 48.5 Å². The van der Waals surface area contributed by atoms with E-state index in [1.807, 2.05) is 12.1 Å². The number of nitrogens with one attached hydrogen (secondary N) is 2. The highest BCUT2D eigenvalue weighted by atomic mass is 35.5. The minimum absolute atomic E-state index is 0.177. The molecular weight excluding hydrogens is 576 g/mol. The zero-order valence-corrected chi connectivity index (χ0v) is 26.4. The van der Waals surface area contributed by atoms with E-state index < -0.39 is 36.0 Å². The number of amides is 2. The van der Waals surface area contributed by atoms with Crippen LogP contribution in [-0.4, -0.2) is 55.0 Å². The summed E-state index contributed by atoms with van der Waals surface area (Å²) in [5, 5.41) is 6.13. The van der Waals surface area contributed by atoms with E-state index in [-0.39, 0.29) is 12.3 Å². The lowest BCUT2D eigenvalue weighted by Crippen LogP contribution is -2.40. The van der Waals surface area contributed by atoms with E-state index in [0.717, 1.165) is 24.8 Å². The summed E-state index contributed by atoms with van der Waals surface area (Å²) in [5.41, 5.74) is -0.325. The number of ether oxygens (including phenoxy) is 4. The first kappa shape index (κ1) is 35.4. The Kier molecular flexibility index (Phi) is 14.3. The first-order valence-corrected chi connectivity index (χ1v) is 14.7. The lowest BCUT2D eigenvalue weighted by molar-refractivity contribution is -0.177. The zero-order valence-electron chi connectivity index (χ0n) is 25.6. The Morgan fingerprint density at radius 3 is 2.07 bits per heavy atom. The Balaban J connectivity index is 1.59. The van der Waals surface area contributed by atoms with Gasteiger partial charge in [-0.2, -0.15) is 0 Å². The molecule has 0 unspecified atom stereocenters. The highest BCUT2D eigenvalue weighted by Crippen LogP contribution is 2.21.